The van der Waals surface area contributed by atoms with Crippen LogP contribution in [0.15, 0.2) is 22.9 Å². The number of rotatable bonds is 5. The van der Waals surface area contributed by atoms with Crippen molar-refractivity contribution in [3.05, 3.63) is 43.8 Å². The van der Waals surface area contributed by atoms with E-state index in [0.29, 0.717) is 11.4 Å². The van der Waals surface area contributed by atoms with Crippen LogP contribution in [0.4, 0.5) is 0 Å². The summed E-state index contributed by atoms with van der Waals surface area (Å²) >= 11 is 2.99. The Kier molecular flexibility index (Phi) is 3.93. The minimum Gasteiger partial charge on any atom is -0.477 e. The molecule has 2 rings (SSSR count). The van der Waals surface area contributed by atoms with Crippen LogP contribution in [-0.4, -0.2) is 11.1 Å². The Morgan fingerprint density at radius 1 is 1.29 bits per heavy atom. The normalized spacial score (nSPS) is 10.6. The molecule has 0 saturated heterocycles. The van der Waals surface area contributed by atoms with E-state index < -0.39 is 5.97 Å². The Morgan fingerprint density at radius 2 is 2.06 bits per heavy atom. The highest BCUT2D eigenvalue weighted by molar-refractivity contribution is 7.12. The summed E-state index contributed by atoms with van der Waals surface area (Å²) in [7, 11) is 0. The Labute approximate surface area is 108 Å². The van der Waals surface area contributed by atoms with Crippen LogP contribution in [0, 0.1) is 6.92 Å². The lowest BCUT2D eigenvalue weighted by molar-refractivity contribution is 0.0701. The van der Waals surface area contributed by atoms with E-state index >= 15 is 0 Å². The summed E-state index contributed by atoms with van der Waals surface area (Å²) < 4.78 is 0. The van der Waals surface area contributed by atoms with Crippen LogP contribution in [0.1, 0.15) is 25.7 Å². The average Bonchev–Trinajstić information content (AvgIpc) is 2.88. The zero-order valence-electron chi connectivity index (χ0n) is 9.40. The van der Waals surface area contributed by atoms with Crippen LogP contribution in [-0.2, 0) is 13.1 Å². The molecule has 0 fully saturated rings. The van der Waals surface area contributed by atoms with Crippen molar-refractivity contribution in [1.29, 1.82) is 0 Å². The number of nitrogens with one attached hydrogen (secondary N) is 1. The fourth-order valence-electron chi connectivity index (χ4n) is 1.56. The predicted octanol–water partition coefficient (Wildman–Crippen LogP) is 3.11. The van der Waals surface area contributed by atoms with Gasteiger partial charge in [0, 0.05) is 18.0 Å². The van der Waals surface area contributed by atoms with E-state index in [2.05, 4.69) is 23.7 Å². The number of carboxylic acids is 1. The van der Waals surface area contributed by atoms with Crippen molar-refractivity contribution >= 4 is 28.6 Å². The third-order valence-electron chi connectivity index (χ3n) is 2.51. The Bertz CT molecular complexity index is 516. The molecule has 0 atom stereocenters. The van der Waals surface area contributed by atoms with Crippen LogP contribution >= 0.6 is 22.7 Å². The fraction of sp³-hybridized carbons (Fsp3) is 0.250. The van der Waals surface area contributed by atoms with Gasteiger partial charge >= 0.3 is 5.97 Å². The molecule has 0 aromatic carbocycles. The van der Waals surface area contributed by atoms with Crippen molar-refractivity contribution in [3.8, 4) is 0 Å². The quantitative estimate of drug-likeness (QED) is 0.875. The van der Waals surface area contributed by atoms with Crippen molar-refractivity contribution in [2.45, 2.75) is 20.0 Å². The standard InChI is InChI=1S/C12H13NO2S2/c1-8-2-4-16-10(8)7-13-6-9-3-5-17-11(9)12(14)15/h2-5,13H,6-7H2,1H3,(H,14,15). The van der Waals surface area contributed by atoms with Gasteiger partial charge in [-0.1, -0.05) is 0 Å². The molecule has 0 unspecified atom stereocenters. The van der Waals surface area contributed by atoms with Crippen LogP contribution in [0.2, 0.25) is 0 Å². The third kappa shape index (κ3) is 2.94. The first-order valence-electron chi connectivity index (χ1n) is 5.22. The van der Waals surface area contributed by atoms with Crippen molar-refractivity contribution in [2.24, 2.45) is 0 Å². The molecule has 2 N–H and O–H groups in total. The summed E-state index contributed by atoms with van der Waals surface area (Å²) in [6.45, 7) is 3.47. The highest BCUT2D eigenvalue weighted by Crippen LogP contribution is 2.18. The monoisotopic (exact) mass is 267 g/mol. The van der Waals surface area contributed by atoms with E-state index in [1.54, 1.807) is 11.3 Å². The molecule has 5 heteroatoms. The number of carbonyl (C=O) groups is 1. The molecule has 0 aliphatic rings. The molecule has 0 spiro atoms. The molecule has 2 heterocycles. The zero-order valence-corrected chi connectivity index (χ0v) is 11.0. The molecule has 0 radical (unpaired) electrons. The second kappa shape index (κ2) is 5.44. The lowest BCUT2D eigenvalue weighted by Gasteiger charge is -2.03. The maximum Gasteiger partial charge on any atom is 0.346 e. The Hall–Kier alpha value is -1.17. The number of hydrogen-bond acceptors (Lipinski definition) is 4. The average molecular weight is 267 g/mol. The predicted molar refractivity (Wildman–Crippen MR) is 70.9 cm³/mol. The summed E-state index contributed by atoms with van der Waals surface area (Å²) in [5.41, 5.74) is 2.14. The second-order valence-electron chi connectivity index (χ2n) is 3.71. The van der Waals surface area contributed by atoms with E-state index in [4.69, 9.17) is 5.11 Å². The highest BCUT2D eigenvalue weighted by atomic mass is 32.1. The SMILES string of the molecule is Cc1ccsc1CNCc1ccsc1C(=O)O. The Balaban J connectivity index is 1.92. The zero-order chi connectivity index (χ0) is 12.3. The van der Waals surface area contributed by atoms with Crippen molar-refractivity contribution in [1.82, 2.24) is 5.32 Å². The molecule has 0 aliphatic heterocycles. The van der Waals surface area contributed by atoms with Gasteiger partial charge in [-0.2, -0.15) is 0 Å². The lowest BCUT2D eigenvalue weighted by Crippen LogP contribution is -2.13. The van der Waals surface area contributed by atoms with Gasteiger partial charge in [-0.3, -0.25) is 0 Å². The van der Waals surface area contributed by atoms with Gasteiger partial charge in [0.05, 0.1) is 0 Å². The van der Waals surface area contributed by atoms with E-state index in [9.17, 15) is 4.79 Å². The molecule has 0 amide bonds. The summed E-state index contributed by atoms with van der Waals surface area (Å²) in [6.07, 6.45) is 0. The molecule has 0 aliphatic carbocycles. The van der Waals surface area contributed by atoms with Gasteiger partial charge in [-0.15, -0.1) is 22.7 Å². The van der Waals surface area contributed by atoms with Gasteiger partial charge in [0.25, 0.3) is 0 Å². The molecule has 3 nitrogen and oxygen atoms in total. The maximum absolute atomic E-state index is 10.9. The number of carboxylic acid groups (broad SMARTS) is 1. The maximum atomic E-state index is 10.9. The molecule has 2 aromatic heterocycles. The number of hydrogen-bond donors (Lipinski definition) is 2. The van der Waals surface area contributed by atoms with Gasteiger partial charge < -0.3 is 10.4 Å². The van der Waals surface area contributed by atoms with Gasteiger partial charge in [-0.05, 0) is 40.9 Å². The van der Waals surface area contributed by atoms with E-state index in [1.165, 1.54) is 21.8 Å². The van der Waals surface area contributed by atoms with Crippen molar-refractivity contribution < 1.29 is 9.90 Å². The molecule has 2 aromatic rings. The van der Waals surface area contributed by atoms with Gasteiger partial charge in [0.2, 0.25) is 0 Å². The van der Waals surface area contributed by atoms with Crippen LogP contribution in [0.3, 0.4) is 0 Å². The topological polar surface area (TPSA) is 49.3 Å². The first-order valence-corrected chi connectivity index (χ1v) is 6.97. The minimum absolute atomic E-state index is 0.431. The van der Waals surface area contributed by atoms with Crippen LogP contribution < -0.4 is 5.32 Å². The number of aryl methyl sites for hydroxylation is 1. The van der Waals surface area contributed by atoms with Gasteiger partial charge in [-0.25, -0.2) is 4.79 Å². The van der Waals surface area contributed by atoms with Gasteiger partial charge in [0.1, 0.15) is 4.88 Å². The highest BCUT2D eigenvalue weighted by Gasteiger charge is 2.10. The largest absolute Gasteiger partial charge is 0.477 e. The summed E-state index contributed by atoms with van der Waals surface area (Å²) in [5, 5.41) is 16.1. The first kappa shape index (κ1) is 12.3. The van der Waals surface area contributed by atoms with E-state index in [-0.39, 0.29) is 0 Å². The van der Waals surface area contributed by atoms with Crippen molar-refractivity contribution in [2.75, 3.05) is 0 Å². The summed E-state index contributed by atoms with van der Waals surface area (Å²) in [5.74, 6) is -0.843. The number of aromatic carboxylic acids is 1. The molecule has 0 saturated carbocycles. The van der Waals surface area contributed by atoms with Crippen LogP contribution in [0.25, 0.3) is 0 Å². The Morgan fingerprint density at radius 3 is 2.71 bits per heavy atom. The molecule has 90 valence electrons. The molecule has 17 heavy (non-hydrogen) atoms. The van der Waals surface area contributed by atoms with Crippen LogP contribution in [0.5, 0.6) is 0 Å². The number of thiophene rings is 2. The molecular weight excluding hydrogens is 254 g/mol. The fourth-order valence-corrected chi connectivity index (χ4v) is 3.19. The summed E-state index contributed by atoms with van der Waals surface area (Å²) in [4.78, 5) is 12.6. The van der Waals surface area contributed by atoms with E-state index in [1.807, 2.05) is 11.4 Å². The smallest absolute Gasteiger partial charge is 0.346 e. The molecule has 0 bridgehead atoms. The first-order chi connectivity index (χ1) is 8.18. The third-order valence-corrected chi connectivity index (χ3v) is 4.48. The van der Waals surface area contributed by atoms with Gasteiger partial charge in [0.15, 0.2) is 0 Å². The minimum atomic E-state index is -0.843. The second-order valence-corrected chi connectivity index (χ2v) is 5.63. The van der Waals surface area contributed by atoms with Crippen molar-refractivity contribution in [3.63, 3.8) is 0 Å². The lowest BCUT2D eigenvalue weighted by atomic mass is 10.2. The summed E-state index contributed by atoms with van der Waals surface area (Å²) in [6, 6.07) is 3.96. The van der Waals surface area contributed by atoms with E-state index in [0.717, 1.165) is 12.1 Å². The molecular formula is C12H13NO2S2.